The van der Waals surface area contributed by atoms with Crippen molar-refractivity contribution in [2.75, 3.05) is 5.33 Å². The second-order valence-corrected chi connectivity index (χ2v) is 5.52. The maximum atomic E-state index is 12.5. The summed E-state index contributed by atoms with van der Waals surface area (Å²) in [5.41, 5.74) is -6.40. The van der Waals surface area contributed by atoms with Gasteiger partial charge < -0.3 is 0 Å². The van der Waals surface area contributed by atoms with E-state index in [-0.39, 0.29) is 11.8 Å². The Morgan fingerprint density at radius 1 is 1.15 bits per heavy atom. The van der Waals surface area contributed by atoms with Crippen molar-refractivity contribution in [2.24, 2.45) is 0 Å². The zero-order valence-electron chi connectivity index (χ0n) is 9.61. The Labute approximate surface area is 122 Å². The summed E-state index contributed by atoms with van der Waals surface area (Å²) >= 11 is 2.32. The van der Waals surface area contributed by atoms with Crippen LogP contribution in [0, 0.1) is 0 Å². The summed E-state index contributed by atoms with van der Waals surface area (Å²) in [4.78, 5) is 11.1. The molecule has 0 unspecified atom stereocenters. The third kappa shape index (κ3) is 5.01. The number of ketones is 1. The molecule has 0 amide bonds. The van der Waals surface area contributed by atoms with Crippen molar-refractivity contribution in [2.45, 2.75) is 23.0 Å². The molecule has 0 aromatic heterocycles. The molecule has 0 radical (unpaired) electrons. The monoisotopic (exact) mass is 380 g/mol. The lowest BCUT2D eigenvalue weighted by Crippen LogP contribution is -2.10. The van der Waals surface area contributed by atoms with Crippen LogP contribution in [0.25, 0.3) is 0 Å². The van der Waals surface area contributed by atoms with Crippen LogP contribution in [-0.2, 0) is 6.18 Å². The van der Waals surface area contributed by atoms with Gasteiger partial charge >= 0.3 is 11.7 Å². The van der Waals surface area contributed by atoms with E-state index in [1.54, 1.807) is 0 Å². The Morgan fingerprint density at radius 3 is 2.20 bits per heavy atom. The number of carbonyl (C=O) groups excluding carboxylic acids is 1. The molecule has 1 aromatic rings. The molecule has 20 heavy (non-hydrogen) atoms. The first-order valence-corrected chi connectivity index (χ1v) is 7.04. The van der Waals surface area contributed by atoms with Gasteiger partial charge in [0, 0.05) is 22.2 Å². The van der Waals surface area contributed by atoms with Gasteiger partial charge in [-0.15, -0.1) is 0 Å². The van der Waals surface area contributed by atoms with E-state index in [1.807, 2.05) is 0 Å². The van der Waals surface area contributed by atoms with Crippen LogP contribution in [0.5, 0.6) is 0 Å². The Morgan fingerprint density at radius 2 is 1.75 bits per heavy atom. The summed E-state index contributed by atoms with van der Waals surface area (Å²) in [6, 6.07) is 1.65. The fourth-order valence-corrected chi connectivity index (χ4v) is 2.39. The smallest absolute Gasteiger partial charge is 0.294 e. The van der Waals surface area contributed by atoms with Gasteiger partial charge in [0.15, 0.2) is 5.78 Å². The van der Waals surface area contributed by atoms with Gasteiger partial charge in [0.25, 0.3) is 0 Å². The van der Waals surface area contributed by atoms with Crippen LogP contribution in [0.1, 0.15) is 22.3 Å². The van der Waals surface area contributed by atoms with Crippen LogP contribution < -0.4 is 0 Å². The SMILES string of the molecule is O=C(CCBr)c1cc(C(F)(F)F)ccc1SC(F)(F)F. The van der Waals surface area contributed by atoms with Crippen LogP contribution in [0.2, 0.25) is 0 Å². The average Bonchev–Trinajstić information content (AvgIpc) is 2.26. The lowest BCUT2D eigenvalue weighted by Gasteiger charge is -2.13. The van der Waals surface area contributed by atoms with Crippen molar-refractivity contribution < 1.29 is 31.1 Å². The van der Waals surface area contributed by atoms with Crippen molar-refractivity contribution in [3.8, 4) is 0 Å². The standard InChI is InChI=1S/C11H7BrF6OS/c12-4-3-8(19)7-5-6(10(13,14)15)1-2-9(7)20-11(16,17)18/h1-2,5H,3-4H2. The lowest BCUT2D eigenvalue weighted by atomic mass is 10.1. The van der Waals surface area contributed by atoms with Crippen molar-refractivity contribution in [3.05, 3.63) is 29.3 Å². The average molecular weight is 381 g/mol. The number of benzene rings is 1. The van der Waals surface area contributed by atoms with Gasteiger partial charge in [-0.2, -0.15) is 26.3 Å². The molecule has 0 bridgehead atoms. The third-order valence-electron chi connectivity index (χ3n) is 2.15. The molecule has 1 nitrogen and oxygen atoms in total. The maximum Gasteiger partial charge on any atom is 0.446 e. The molecule has 0 aliphatic heterocycles. The van der Waals surface area contributed by atoms with Crippen LogP contribution in [0.4, 0.5) is 26.3 Å². The number of hydrogen-bond donors (Lipinski definition) is 0. The van der Waals surface area contributed by atoms with Crippen LogP contribution in [0.15, 0.2) is 23.1 Å². The summed E-state index contributed by atoms with van der Waals surface area (Å²) in [6.07, 6.45) is -4.91. The Balaban J connectivity index is 3.27. The van der Waals surface area contributed by atoms with Crippen molar-refractivity contribution in [1.82, 2.24) is 0 Å². The van der Waals surface area contributed by atoms with Crippen molar-refractivity contribution in [3.63, 3.8) is 0 Å². The van der Waals surface area contributed by atoms with E-state index >= 15 is 0 Å². The predicted molar refractivity (Wildman–Crippen MR) is 66.1 cm³/mol. The minimum Gasteiger partial charge on any atom is -0.294 e. The summed E-state index contributed by atoms with van der Waals surface area (Å²) in [6.45, 7) is 0. The van der Waals surface area contributed by atoms with E-state index in [1.165, 1.54) is 0 Å². The summed E-state index contributed by atoms with van der Waals surface area (Å²) in [5.74, 6) is -0.778. The van der Waals surface area contributed by atoms with E-state index in [9.17, 15) is 31.1 Å². The number of carbonyl (C=O) groups is 1. The van der Waals surface area contributed by atoms with Crippen LogP contribution in [-0.4, -0.2) is 16.6 Å². The molecule has 0 fully saturated rings. The van der Waals surface area contributed by atoms with Gasteiger partial charge in [-0.05, 0) is 30.0 Å². The van der Waals surface area contributed by atoms with Gasteiger partial charge in [-0.3, -0.25) is 4.79 Å². The molecule has 0 saturated carbocycles. The van der Waals surface area contributed by atoms with Gasteiger partial charge in [-0.1, -0.05) is 15.9 Å². The molecule has 112 valence electrons. The molecule has 9 heteroatoms. The van der Waals surface area contributed by atoms with Gasteiger partial charge in [0.1, 0.15) is 0 Å². The first-order valence-electron chi connectivity index (χ1n) is 5.11. The van der Waals surface area contributed by atoms with E-state index in [0.29, 0.717) is 18.2 Å². The topological polar surface area (TPSA) is 17.1 Å². The Hall–Kier alpha value is -0.700. The minimum absolute atomic E-state index is 0.151. The van der Waals surface area contributed by atoms with Gasteiger partial charge in [-0.25, -0.2) is 0 Å². The van der Waals surface area contributed by atoms with Gasteiger partial charge in [0.05, 0.1) is 5.56 Å². The second-order valence-electron chi connectivity index (χ2n) is 3.62. The zero-order valence-corrected chi connectivity index (χ0v) is 12.0. The third-order valence-corrected chi connectivity index (χ3v) is 3.36. The number of rotatable bonds is 4. The van der Waals surface area contributed by atoms with E-state index in [4.69, 9.17) is 0 Å². The Kier molecular flexibility index (Phi) is 5.54. The number of alkyl halides is 7. The number of thioether (sulfide) groups is 1. The predicted octanol–water partition coefficient (Wildman–Crippen LogP) is 5.29. The molecule has 0 atom stereocenters. The van der Waals surface area contributed by atoms with Crippen molar-refractivity contribution >= 4 is 33.5 Å². The molecular formula is C11H7BrF6OS. The summed E-state index contributed by atoms with van der Waals surface area (Å²) in [7, 11) is 0. The van der Waals surface area contributed by atoms with Crippen molar-refractivity contribution in [1.29, 1.82) is 0 Å². The molecule has 0 aliphatic rings. The van der Waals surface area contributed by atoms with Gasteiger partial charge in [0.2, 0.25) is 0 Å². The highest BCUT2D eigenvalue weighted by atomic mass is 79.9. The first kappa shape index (κ1) is 17.4. The quantitative estimate of drug-likeness (QED) is 0.305. The normalized spacial score (nSPS) is 12.6. The van der Waals surface area contributed by atoms with Crippen LogP contribution in [0.3, 0.4) is 0 Å². The molecule has 0 saturated heterocycles. The molecular weight excluding hydrogens is 374 g/mol. The summed E-state index contributed by atoms with van der Waals surface area (Å²) < 4.78 is 74.6. The van der Waals surface area contributed by atoms with E-state index < -0.39 is 45.3 Å². The maximum absolute atomic E-state index is 12.5. The second kappa shape index (κ2) is 6.38. The number of halogens is 7. The zero-order chi connectivity index (χ0) is 15.6. The largest absolute Gasteiger partial charge is 0.446 e. The van der Waals surface area contributed by atoms with E-state index in [2.05, 4.69) is 15.9 Å². The Bertz CT molecular complexity index is 497. The molecule has 0 spiro atoms. The lowest BCUT2D eigenvalue weighted by molar-refractivity contribution is -0.137. The van der Waals surface area contributed by atoms with E-state index in [0.717, 1.165) is 0 Å². The fourth-order valence-electron chi connectivity index (χ4n) is 1.36. The molecule has 0 heterocycles. The molecule has 1 aromatic carbocycles. The molecule has 0 aliphatic carbocycles. The highest BCUT2D eigenvalue weighted by Crippen LogP contribution is 2.40. The highest BCUT2D eigenvalue weighted by Gasteiger charge is 2.35. The first-order chi connectivity index (χ1) is 9.04. The van der Waals surface area contributed by atoms with Crippen LogP contribution >= 0.6 is 27.7 Å². The fraction of sp³-hybridized carbons (Fsp3) is 0.364. The summed E-state index contributed by atoms with van der Waals surface area (Å²) in [5, 5.41) is 0.151. The highest BCUT2D eigenvalue weighted by molar-refractivity contribution is 9.09. The molecule has 1 rings (SSSR count). The number of hydrogen-bond acceptors (Lipinski definition) is 2. The molecule has 0 N–H and O–H groups in total. The minimum atomic E-state index is -4.72. The number of Topliss-reactive ketones (excluding diaryl/α,β-unsaturated/α-hetero) is 1.